The molecular formula is C14H29N. The van der Waals surface area contributed by atoms with Gasteiger partial charge < -0.3 is 5.32 Å². The Morgan fingerprint density at radius 1 is 1.00 bits per heavy atom. The van der Waals surface area contributed by atoms with E-state index < -0.39 is 0 Å². The lowest BCUT2D eigenvalue weighted by Gasteiger charge is -2.24. The third-order valence-corrected chi connectivity index (χ3v) is 3.72. The summed E-state index contributed by atoms with van der Waals surface area (Å²) < 4.78 is 0. The summed E-state index contributed by atoms with van der Waals surface area (Å²) in [7, 11) is 0. The average Bonchev–Trinajstić information content (AvgIpc) is 2.22. The fourth-order valence-electron chi connectivity index (χ4n) is 2.54. The van der Waals surface area contributed by atoms with Crippen LogP contribution in [0.25, 0.3) is 0 Å². The summed E-state index contributed by atoms with van der Waals surface area (Å²) >= 11 is 0. The maximum atomic E-state index is 3.74. The van der Waals surface area contributed by atoms with Gasteiger partial charge in [-0.2, -0.15) is 0 Å². The van der Waals surface area contributed by atoms with E-state index in [1.165, 1.54) is 64.3 Å². The van der Waals surface area contributed by atoms with Crippen molar-refractivity contribution in [3.05, 3.63) is 0 Å². The van der Waals surface area contributed by atoms with Crippen molar-refractivity contribution in [3.8, 4) is 0 Å². The molecule has 0 spiro atoms. The van der Waals surface area contributed by atoms with Crippen LogP contribution in [0, 0.1) is 5.92 Å². The van der Waals surface area contributed by atoms with Gasteiger partial charge in [0.05, 0.1) is 0 Å². The summed E-state index contributed by atoms with van der Waals surface area (Å²) in [6, 6.07) is 0.824. The Labute approximate surface area is 96.0 Å². The largest absolute Gasteiger partial charge is 0.314 e. The zero-order chi connectivity index (χ0) is 10.9. The lowest BCUT2D eigenvalue weighted by Crippen LogP contribution is -2.31. The third-order valence-electron chi connectivity index (χ3n) is 3.72. The minimum absolute atomic E-state index is 0.824. The highest BCUT2D eigenvalue weighted by atomic mass is 14.9. The van der Waals surface area contributed by atoms with Crippen molar-refractivity contribution in [1.29, 1.82) is 0 Å². The number of hydrogen-bond donors (Lipinski definition) is 1. The SMILES string of the molecule is CCCCCNC1CCCC[C@@H](C)CC1. The highest BCUT2D eigenvalue weighted by molar-refractivity contribution is 4.71. The molecule has 0 aromatic heterocycles. The summed E-state index contributed by atoms with van der Waals surface area (Å²) in [5.41, 5.74) is 0. The Morgan fingerprint density at radius 2 is 1.80 bits per heavy atom. The van der Waals surface area contributed by atoms with Gasteiger partial charge in [-0.15, -0.1) is 0 Å². The van der Waals surface area contributed by atoms with Crippen molar-refractivity contribution in [2.75, 3.05) is 6.54 Å². The normalized spacial score (nSPS) is 28.4. The first-order valence-electron chi connectivity index (χ1n) is 7.06. The molecule has 1 heteroatoms. The van der Waals surface area contributed by atoms with E-state index in [0.717, 1.165) is 12.0 Å². The topological polar surface area (TPSA) is 12.0 Å². The molecule has 1 nitrogen and oxygen atoms in total. The summed E-state index contributed by atoms with van der Waals surface area (Å²) in [5.74, 6) is 0.963. The highest BCUT2D eigenvalue weighted by Crippen LogP contribution is 2.21. The standard InChI is InChI=1S/C14H29N/c1-3-4-7-12-15-14-9-6-5-8-13(2)10-11-14/h13-15H,3-12H2,1-2H3/t13-,14?/m1/s1. The molecule has 0 aromatic rings. The van der Waals surface area contributed by atoms with E-state index in [0.29, 0.717) is 0 Å². The van der Waals surface area contributed by atoms with Crippen LogP contribution in [0.3, 0.4) is 0 Å². The minimum Gasteiger partial charge on any atom is -0.314 e. The molecule has 0 aromatic carbocycles. The molecule has 0 saturated heterocycles. The molecular weight excluding hydrogens is 182 g/mol. The summed E-state index contributed by atoms with van der Waals surface area (Å²) in [4.78, 5) is 0. The van der Waals surface area contributed by atoms with Crippen LogP contribution in [0.15, 0.2) is 0 Å². The lowest BCUT2D eigenvalue weighted by molar-refractivity contribution is 0.338. The van der Waals surface area contributed by atoms with E-state index in [1.54, 1.807) is 0 Å². The monoisotopic (exact) mass is 211 g/mol. The molecule has 15 heavy (non-hydrogen) atoms. The molecule has 0 bridgehead atoms. The molecule has 2 atom stereocenters. The molecule has 0 heterocycles. The summed E-state index contributed by atoms with van der Waals surface area (Å²) in [5, 5.41) is 3.74. The van der Waals surface area contributed by atoms with Gasteiger partial charge in [-0.25, -0.2) is 0 Å². The van der Waals surface area contributed by atoms with Gasteiger partial charge >= 0.3 is 0 Å². The maximum absolute atomic E-state index is 3.74. The Kier molecular flexibility index (Phi) is 7.08. The first-order valence-corrected chi connectivity index (χ1v) is 7.06. The molecule has 1 N–H and O–H groups in total. The predicted molar refractivity (Wildman–Crippen MR) is 68.2 cm³/mol. The number of rotatable bonds is 5. The zero-order valence-corrected chi connectivity index (χ0v) is 10.7. The second-order valence-corrected chi connectivity index (χ2v) is 5.33. The van der Waals surface area contributed by atoms with Gasteiger partial charge in [0.15, 0.2) is 0 Å². The van der Waals surface area contributed by atoms with Gasteiger partial charge in [0.1, 0.15) is 0 Å². The molecule has 1 unspecified atom stereocenters. The van der Waals surface area contributed by atoms with E-state index >= 15 is 0 Å². The molecule has 1 saturated carbocycles. The van der Waals surface area contributed by atoms with Crippen molar-refractivity contribution in [2.24, 2.45) is 5.92 Å². The fourth-order valence-corrected chi connectivity index (χ4v) is 2.54. The molecule has 1 rings (SSSR count). The van der Waals surface area contributed by atoms with Gasteiger partial charge in [0.2, 0.25) is 0 Å². The number of unbranched alkanes of at least 4 members (excludes halogenated alkanes) is 2. The first kappa shape index (κ1) is 13.0. The van der Waals surface area contributed by atoms with E-state index in [-0.39, 0.29) is 0 Å². The highest BCUT2D eigenvalue weighted by Gasteiger charge is 2.13. The van der Waals surface area contributed by atoms with Gasteiger partial charge in [0, 0.05) is 6.04 Å². The quantitative estimate of drug-likeness (QED) is 0.674. The van der Waals surface area contributed by atoms with E-state index in [1.807, 2.05) is 0 Å². The predicted octanol–water partition coefficient (Wildman–Crippen LogP) is 4.13. The molecule has 1 aliphatic rings. The van der Waals surface area contributed by atoms with Crippen LogP contribution >= 0.6 is 0 Å². The molecule has 90 valence electrons. The zero-order valence-electron chi connectivity index (χ0n) is 10.7. The van der Waals surface area contributed by atoms with Crippen LogP contribution in [-0.4, -0.2) is 12.6 Å². The molecule has 1 aliphatic carbocycles. The first-order chi connectivity index (χ1) is 7.33. The average molecular weight is 211 g/mol. The smallest absolute Gasteiger partial charge is 0.00671 e. The summed E-state index contributed by atoms with van der Waals surface area (Å²) in [6.07, 6.45) is 12.7. The van der Waals surface area contributed by atoms with Crippen molar-refractivity contribution in [3.63, 3.8) is 0 Å². The lowest BCUT2D eigenvalue weighted by atomic mass is 9.90. The third kappa shape index (κ3) is 6.19. The molecule has 0 radical (unpaired) electrons. The van der Waals surface area contributed by atoms with Crippen molar-refractivity contribution < 1.29 is 0 Å². The van der Waals surface area contributed by atoms with Crippen LogP contribution in [0.1, 0.15) is 71.6 Å². The maximum Gasteiger partial charge on any atom is 0.00671 e. The molecule has 0 amide bonds. The van der Waals surface area contributed by atoms with Crippen LogP contribution < -0.4 is 5.32 Å². The van der Waals surface area contributed by atoms with E-state index in [9.17, 15) is 0 Å². The van der Waals surface area contributed by atoms with Crippen molar-refractivity contribution in [2.45, 2.75) is 77.7 Å². The van der Waals surface area contributed by atoms with E-state index in [2.05, 4.69) is 19.2 Å². The van der Waals surface area contributed by atoms with Crippen molar-refractivity contribution >= 4 is 0 Å². The fraction of sp³-hybridized carbons (Fsp3) is 1.00. The Balaban J connectivity index is 2.10. The van der Waals surface area contributed by atoms with Crippen LogP contribution in [0.4, 0.5) is 0 Å². The molecule has 0 aliphatic heterocycles. The Morgan fingerprint density at radius 3 is 2.60 bits per heavy atom. The second kappa shape index (κ2) is 8.15. The minimum atomic E-state index is 0.824. The van der Waals surface area contributed by atoms with Gasteiger partial charge in [-0.05, 0) is 38.1 Å². The summed E-state index contributed by atoms with van der Waals surface area (Å²) in [6.45, 7) is 5.93. The molecule has 1 fully saturated rings. The van der Waals surface area contributed by atoms with Crippen LogP contribution in [-0.2, 0) is 0 Å². The Hall–Kier alpha value is -0.0400. The van der Waals surface area contributed by atoms with Gasteiger partial charge in [0.25, 0.3) is 0 Å². The van der Waals surface area contributed by atoms with Crippen molar-refractivity contribution in [1.82, 2.24) is 5.32 Å². The Bertz CT molecular complexity index is 144. The van der Waals surface area contributed by atoms with Crippen LogP contribution in [0.5, 0.6) is 0 Å². The van der Waals surface area contributed by atoms with Crippen LogP contribution in [0.2, 0.25) is 0 Å². The van der Waals surface area contributed by atoms with E-state index in [4.69, 9.17) is 0 Å². The van der Waals surface area contributed by atoms with Gasteiger partial charge in [-0.3, -0.25) is 0 Å². The number of hydrogen-bond acceptors (Lipinski definition) is 1. The number of nitrogens with one attached hydrogen (secondary N) is 1. The van der Waals surface area contributed by atoms with Gasteiger partial charge in [-0.1, -0.05) is 46.0 Å². The second-order valence-electron chi connectivity index (χ2n) is 5.33.